The molecule has 2 amide bonds. The number of ether oxygens (including phenoxy) is 2. The lowest BCUT2D eigenvalue weighted by Crippen LogP contribution is -2.14. The molecule has 0 radical (unpaired) electrons. The SMILES string of the molecule is COc1cccc(C(=O)Nc2cccc(SCC(=O)Nc3nc(-c4ccccc4OC)cs3)c2)c1. The fourth-order valence-electron chi connectivity index (χ4n) is 3.25. The summed E-state index contributed by atoms with van der Waals surface area (Å²) in [5.74, 6) is 1.14. The van der Waals surface area contributed by atoms with E-state index in [2.05, 4.69) is 15.6 Å². The van der Waals surface area contributed by atoms with Gasteiger partial charge in [0.25, 0.3) is 5.91 Å². The molecule has 0 atom stereocenters. The number of thioether (sulfide) groups is 1. The first-order valence-corrected chi connectivity index (χ1v) is 12.5. The second-order valence-corrected chi connectivity index (χ2v) is 9.20. The van der Waals surface area contributed by atoms with Gasteiger partial charge in [0, 0.05) is 27.1 Å². The molecule has 9 heteroatoms. The molecule has 178 valence electrons. The number of anilines is 2. The minimum Gasteiger partial charge on any atom is -0.497 e. The van der Waals surface area contributed by atoms with Crippen LogP contribution in [0.2, 0.25) is 0 Å². The van der Waals surface area contributed by atoms with Gasteiger partial charge in [-0.15, -0.1) is 23.1 Å². The Morgan fingerprint density at radius 1 is 0.943 bits per heavy atom. The minimum absolute atomic E-state index is 0.165. The predicted molar refractivity (Wildman–Crippen MR) is 141 cm³/mol. The first-order valence-electron chi connectivity index (χ1n) is 10.6. The van der Waals surface area contributed by atoms with E-state index in [1.807, 2.05) is 47.8 Å². The van der Waals surface area contributed by atoms with Crippen molar-refractivity contribution in [2.75, 3.05) is 30.6 Å². The van der Waals surface area contributed by atoms with E-state index in [1.165, 1.54) is 23.1 Å². The van der Waals surface area contributed by atoms with Crippen LogP contribution >= 0.6 is 23.1 Å². The maximum atomic E-state index is 12.6. The number of hydrogen-bond donors (Lipinski definition) is 2. The van der Waals surface area contributed by atoms with Crippen LogP contribution in [0.25, 0.3) is 11.3 Å². The Kier molecular flexibility index (Phi) is 8.02. The van der Waals surface area contributed by atoms with Gasteiger partial charge < -0.3 is 20.1 Å². The van der Waals surface area contributed by atoms with Crippen molar-refractivity contribution in [1.29, 1.82) is 0 Å². The van der Waals surface area contributed by atoms with Gasteiger partial charge in [-0.25, -0.2) is 4.98 Å². The molecule has 0 aliphatic heterocycles. The number of para-hydroxylation sites is 1. The zero-order chi connectivity index (χ0) is 24.6. The number of hydrogen-bond acceptors (Lipinski definition) is 7. The molecule has 4 aromatic rings. The highest BCUT2D eigenvalue weighted by Crippen LogP contribution is 2.32. The van der Waals surface area contributed by atoms with Crippen molar-refractivity contribution in [3.63, 3.8) is 0 Å². The highest BCUT2D eigenvalue weighted by molar-refractivity contribution is 8.00. The standard InChI is InChI=1S/C26H23N3O4S2/c1-32-19-9-5-7-17(13-19)25(31)27-18-8-6-10-20(14-18)34-16-24(30)29-26-28-22(15-35-26)21-11-3-4-12-23(21)33-2/h3-15H,16H2,1-2H3,(H,27,31)(H,28,29,30). The van der Waals surface area contributed by atoms with Gasteiger partial charge in [-0.05, 0) is 48.5 Å². The number of carbonyl (C=O) groups excluding carboxylic acids is 2. The minimum atomic E-state index is -0.238. The number of methoxy groups -OCH3 is 2. The van der Waals surface area contributed by atoms with Crippen molar-refractivity contribution in [1.82, 2.24) is 4.98 Å². The molecule has 0 spiro atoms. The van der Waals surface area contributed by atoms with Crippen LogP contribution in [0.1, 0.15) is 10.4 Å². The average molecular weight is 506 g/mol. The highest BCUT2D eigenvalue weighted by Gasteiger charge is 2.12. The van der Waals surface area contributed by atoms with Crippen LogP contribution in [0.5, 0.6) is 11.5 Å². The van der Waals surface area contributed by atoms with Crippen molar-refractivity contribution in [2.24, 2.45) is 0 Å². The molecule has 4 rings (SSSR count). The summed E-state index contributed by atoms with van der Waals surface area (Å²) < 4.78 is 10.6. The fourth-order valence-corrected chi connectivity index (χ4v) is 4.73. The van der Waals surface area contributed by atoms with E-state index in [0.29, 0.717) is 22.1 Å². The monoisotopic (exact) mass is 505 g/mol. The molecule has 35 heavy (non-hydrogen) atoms. The lowest BCUT2D eigenvalue weighted by Gasteiger charge is -2.08. The number of amides is 2. The molecular formula is C26H23N3O4S2. The topological polar surface area (TPSA) is 89.5 Å². The van der Waals surface area contributed by atoms with E-state index in [1.54, 1.807) is 44.6 Å². The van der Waals surface area contributed by atoms with E-state index in [4.69, 9.17) is 9.47 Å². The zero-order valence-electron chi connectivity index (χ0n) is 19.1. The van der Waals surface area contributed by atoms with Crippen LogP contribution in [0.3, 0.4) is 0 Å². The van der Waals surface area contributed by atoms with Crippen LogP contribution in [0, 0.1) is 0 Å². The lowest BCUT2D eigenvalue weighted by molar-refractivity contribution is -0.113. The van der Waals surface area contributed by atoms with E-state index >= 15 is 0 Å². The van der Waals surface area contributed by atoms with Gasteiger partial charge in [-0.2, -0.15) is 0 Å². The first kappa shape index (κ1) is 24.3. The van der Waals surface area contributed by atoms with Gasteiger partial charge in [0.05, 0.1) is 25.7 Å². The lowest BCUT2D eigenvalue weighted by atomic mass is 10.1. The number of aromatic nitrogens is 1. The summed E-state index contributed by atoms with van der Waals surface area (Å²) in [4.78, 5) is 30.4. The molecule has 2 N–H and O–H groups in total. The molecule has 0 saturated heterocycles. The van der Waals surface area contributed by atoms with Gasteiger partial charge in [-0.1, -0.05) is 24.3 Å². The third-order valence-electron chi connectivity index (χ3n) is 4.93. The Morgan fingerprint density at radius 2 is 1.77 bits per heavy atom. The summed E-state index contributed by atoms with van der Waals surface area (Å²) in [5, 5.41) is 8.13. The van der Waals surface area contributed by atoms with Crippen LogP contribution < -0.4 is 20.1 Å². The highest BCUT2D eigenvalue weighted by atomic mass is 32.2. The Bertz CT molecular complexity index is 1340. The molecule has 0 fully saturated rings. The van der Waals surface area contributed by atoms with Crippen molar-refractivity contribution in [3.8, 4) is 22.8 Å². The molecule has 0 aliphatic carbocycles. The molecule has 3 aromatic carbocycles. The first-order chi connectivity index (χ1) is 17.1. The molecular weight excluding hydrogens is 482 g/mol. The van der Waals surface area contributed by atoms with Crippen LogP contribution in [-0.4, -0.2) is 36.8 Å². The largest absolute Gasteiger partial charge is 0.497 e. The summed E-state index contributed by atoms with van der Waals surface area (Å²) in [7, 11) is 3.17. The van der Waals surface area contributed by atoms with Gasteiger partial charge >= 0.3 is 0 Å². The van der Waals surface area contributed by atoms with Gasteiger partial charge in [0.15, 0.2) is 5.13 Å². The number of thiazole rings is 1. The Hall–Kier alpha value is -3.82. The average Bonchev–Trinajstić information content (AvgIpc) is 3.35. The van der Waals surface area contributed by atoms with Gasteiger partial charge in [0.2, 0.25) is 5.91 Å². The molecule has 0 saturated carbocycles. The normalized spacial score (nSPS) is 10.5. The van der Waals surface area contributed by atoms with Crippen molar-refractivity contribution < 1.29 is 19.1 Å². The maximum absolute atomic E-state index is 12.6. The van der Waals surface area contributed by atoms with E-state index in [0.717, 1.165) is 21.9 Å². The third-order valence-corrected chi connectivity index (χ3v) is 6.68. The second-order valence-electron chi connectivity index (χ2n) is 7.29. The smallest absolute Gasteiger partial charge is 0.255 e. The summed E-state index contributed by atoms with van der Waals surface area (Å²) >= 11 is 2.73. The molecule has 7 nitrogen and oxygen atoms in total. The predicted octanol–water partition coefficient (Wildman–Crippen LogP) is 5.81. The molecule has 0 unspecified atom stereocenters. The van der Waals surface area contributed by atoms with Crippen molar-refractivity contribution >= 4 is 45.7 Å². The van der Waals surface area contributed by atoms with E-state index in [-0.39, 0.29) is 17.6 Å². The summed E-state index contributed by atoms with van der Waals surface area (Å²) in [6.07, 6.45) is 0. The fraction of sp³-hybridized carbons (Fsp3) is 0.115. The van der Waals surface area contributed by atoms with Crippen LogP contribution in [0.4, 0.5) is 10.8 Å². The van der Waals surface area contributed by atoms with Crippen LogP contribution in [0.15, 0.2) is 83.1 Å². The summed E-state index contributed by atoms with van der Waals surface area (Å²) in [6, 6.07) is 21.9. The van der Waals surface area contributed by atoms with E-state index < -0.39 is 0 Å². The second kappa shape index (κ2) is 11.5. The number of rotatable bonds is 9. The Labute approximate surface area is 211 Å². The quantitative estimate of drug-likeness (QED) is 0.279. The van der Waals surface area contributed by atoms with Crippen molar-refractivity contribution in [2.45, 2.75) is 4.90 Å². The summed E-state index contributed by atoms with van der Waals surface area (Å²) in [6.45, 7) is 0. The number of benzene rings is 3. The third kappa shape index (κ3) is 6.40. The number of nitrogens with zero attached hydrogens (tertiary/aromatic N) is 1. The van der Waals surface area contributed by atoms with Gasteiger partial charge in [-0.3, -0.25) is 9.59 Å². The zero-order valence-corrected chi connectivity index (χ0v) is 20.7. The van der Waals surface area contributed by atoms with Crippen LogP contribution in [-0.2, 0) is 4.79 Å². The van der Waals surface area contributed by atoms with Crippen molar-refractivity contribution in [3.05, 3.63) is 83.7 Å². The Balaban J connectivity index is 1.33. The molecule has 1 heterocycles. The maximum Gasteiger partial charge on any atom is 0.255 e. The number of carbonyl (C=O) groups is 2. The van der Waals surface area contributed by atoms with E-state index in [9.17, 15) is 9.59 Å². The molecule has 0 aliphatic rings. The molecule has 0 bridgehead atoms. The van der Waals surface area contributed by atoms with Gasteiger partial charge in [0.1, 0.15) is 11.5 Å². The number of nitrogens with one attached hydrogen (secondary N) is 2. The summed E-state index contributed by atoms with van der Waals surface area (Å²) in [5.41, 5.74) is 2.76. The molecule has 1 aromatic heterocycles. The Morgan fingerprint density at radius 3 is 2.60 bits per heavy atom.